The molecule has 7 nitrogen and oxygen atoms in total. The topological polar surface area (TPSA) is 79.3 Å². The van der Waals surface area contributed by atoms with Gasteiger partial charge in [-0.25, -0.2) is 9.80 Å². The molecule has 0 radical (unpaired) electrons. The van der Waals surface area contributed by atoms with E-state index in [2.05, 4.69) is 12.0 Å². The van der Waals surface area contributed by atoms with Crippen LogP contribution in [0, 0.1) is 12.8 Å². The van der Waals surface area contributed by atoms with Crippen LogP contribution in [-0.4, -0.2) is 47.6 Å². The molecule has 0 aliphatic carbocycles. The van der Waals surface area contributed by atoms with Crippen molar-refractivity contribution in [3.05, 3.63) is 28.8 Å². The molecule has 156 valence electrons. The van der Waals surface area contributed by atoms with E-state index in [4.69, 9.17) is 16.3 Å². The molecule has 0 aromatic heterocycles. The predicted molar refractivity (Wildman–Crippen MR) is 111 cm³/mol. The molecule has 8 heteroatoms. The van der Waals surface area contributed by atoms with Gasteiger partial charge in [-0.3, -0.25) is 9.59 Å². The summed E-state index contributed by atoms with van der Waals surface area (Å²) in [5, 5.41) is 5.86. The number of anilines is 1. The van der Waals surface area contributed by atoms with Gasteiger partial charge in [-0.15, -0.1) is 0 Å². The molecule has 1 aromatic carbocycles. The molecule has 1 atom stereocenters. The standard InChI is InChI=1S/C21H26ClN3O4/c1-13-8-10-24(11-9-13)20(27)15(3)29-21(28)18-6-7-19(26)25(23-18)16-5-4-14(2)17(22)12-16/h4-5,12-13,15H,6-11H2,1-3H3/t15-/m0/s1. The van der Waals surface area contributed by atoms with Gasteiger partial charge >= 0.3 is 5.97 Å². The molecule has 0 unspecified atom stereocenters. The number of nitrogens with zero attached hydrogens (tertiary/aromatic N) is 3. The van der Waals surface area contributed by atoms with Crippen LogP contribution in [-0.2, 0) is 19.1 Å². The first-order valence-electron chi connectivity index (χ1n) is 9.92. The van der Waals surface area contributed by atoms with Crippen molar-refractivity contribution in [1.82, 2.24) is 4.90 Å². The Bertz CT molecular complexity index is 846. The first-order chi connectivity index (χ1) is 13.8. The molecule has 0 N–H and O–H groups in total. The monoisotopic (exact) mass is 419 g/mol. The number of halogens is 1. The van der Waals surface area contributed by atoms with E-state index in [0.717, 1.165) is 18.4 Å². The van der Waals surface area contributed by atoms with Crippen LogP contribution in [0.2, 0.25) is 5.02 Å². The zero-order chi connectivity index (χ0) is 21.1. The third-order valence-corrected chi connectivity index (χ3v) is 5.80. The lowest BCUT2D eigenvalue weighted by Gasteiger charge is -2.32. The van der Waals surface area contributed by atoms with Crippen LogP contribution in [0.5, 0.6) is 0 Å². The Morgan fingerprint density at radius 3 is 2.59 bits per heavy atom. The van der Waals surface area contributed by atoms with Gasteiger partial charge in [-0.2, -0.15) is 5.10 Å². The van der Waals surface area contributed by atoms with Gasteiger partial charge in [0.1, 0.15) is 5.71 Å². The molecule has 2 amide bonds. The van der Waals surface area contributed by atoms with Gasteiger partial charge in [0.05, 0.1) is 5.69 Å². The zero-order valence-electron chi connectivity index (χ0n) is 17.0. The van der Waals surface area contributed by atoms with Crippen LogP contribution < -0.4 is 5.01 Å². The molecule has 1 fully saturated rings. The minimum absolute atomic E-state index is 0.119. The summed E-state index contributed by atoms with van der Waals surface area (Å²) in [5.74, 6) is -0.493. The summed E-state index contributed by atoms with van der Waals surface area (Å²) < 4.78 is 5.37. The fourth-order valence-electron chi connectivity index (χ4n) is 3.38. The average molecular weight is 420 g/mol. The molecule has 3 rings (SSSR count). The second-order valence-electron chi connectivity index (χ2n) is 7.74. The number of amides is 2. The van der Waals surface area contributed by atoms with Crippen LogP contribution in [0.25, 0.3) is 0 Å². The highest BCUT2D eigenvalue weighted by molar-refractivity contribution is 6.38. The maximum atomic E-state index is 12.6. The summed E-state index contributed by atoms with van der Waals surface area (Å²) in [6.45, 7) is 6.96. The lowest BCUT2D eigenvalue weighted by molar-refractivity contribution is -0.154. The van der Waals surface area contributed by atoms with E-state index in [1.165, 1.54) is 5.01 Å². The highest BCUT2D eigenvalue weighted by Gasteiger charge is 2.31. The van der Waals surface area contributed by atoms with Crippen molar-refractivity contribution in [1.29, 1.82) is 0 Å². The van der Waals surface area contributed by atoms with Gasteiger partial charge in [0.25, 0.3) is 5.91 Å². The normalized spacial score (nSPS) is 19.0. The maximum Gasteiger partial charge on any atom is 0.355 e. The van der Waals surface area contributed by atoms with Crippen molar-refractivity contribution in [3.8, 4) is 0 Å². The van der Waals surface area contributed by atoms with Gasteiger partial charge in [0.15, 0.2) is 6.10 Å². The fourth-order valence-corrected chi connectivity index (χ4v) is 3.56. The van der Waals surface area contributed by atoms with Crippen molar-refractivity contribution in [2.45, 2.75) is 52.6 Å². The minimum atomic E-state index is -0.890. The number of hydrogen-bond donors (Lipinski definition) is 0. The van der Waals surface area contributed by atoms with E-state index in [0.29, 0.717) is 29.7 Å². The molecular formula is C21H26ClN3O4. The molecule has 2 aliphatic rings. The molecule has 2 aliphatic heterocycles. The summed E-state index contributed by atoms with van der Waals surface area (Å²) in [4.78, 5) is 39.2. The summed E-state index contributed by atoms with van der Waals surface area (Å²) in [6, 6.07) is 5.14. The Morgan fingerprint density at radius 1 is 1.24 bits per heavy atom. The lowest BCUT2D eigenvalue weighted by atomic mass is 9.99. The number of ether oxygens (including phenoxy) is 1. The summed E-state index contributed by atoms with van der Waals surface area (Å²) in [7, 11) is 0. The third-order valence-electron chi connectivity index (χ3n) is 5.40. The van der Waals surface area contributed by atoms with E-state index in [9.17, 15) is 14.4 Å². The number of hydrazone groups is 1. The molecule has 0 saturated carbocycles. The Morgan fingerprint density at radius 2 is 1.93 bits per heavy atom. The molecule has 2 heterocycles. The van der Waals surface area contributed by atoms with Gasteiger partial charge in [0.2, 0.25) is 5.91 Å². The number of carbonyl (C=O) groups excluding carboxylic acids is 3. The van der Waals surface area contributed by atoms with Crippen LogP contribution in [0.3, 0.4) is 0 Å². The predicted octanol–water partition coefficient (Wildman–Crippen LogP) is 3.32. The van der Waals surface area contributed by atoms with Crippen LogP contribution >= 0.6 is 11.6 Å². The SMILES string of the molecule is Cc1ccc(N2N=C(C(=O)O[C@@H](C)C(=O)N3CCC(C)CC3)CCC2=O)cc1Cl. The highest BCUT2D eigenvalue weighted by atomic mass is 35.5. The van der Waals surface area contributed by atoms with Crippen LogP contribution in [0.15, 0.2) is 23.3 Å². The van der Waals surface area contributed by atoms with Crippen molar-refractivity contribution >= 4 is 40.8 Å². The average Bonchev–Trinajstić information content (AvgIpc) is 2.70. The molecule has 0 bridgehead atoms. The zero-order valence-corrected chi connectivity index (χ0v) is 17.7. The summed E-state index contributed by atoms with van der Waals surface area (Å²) in [5.41, 5.74) is 1.48. The number of carbonyl (C=O) groups is 3. The van der Waals surface area contributed by atoms with Crippen LogP contribution in [0.4, 0.5) is 5.69 Å². The number of benzene rings is 1. The molecule has 1 aromatic rings. The van der Waals surface area contributed by atoms with E-state index in [1.807, 2.05) is 6.92 Å². The van der Waals surface area contributed by atoms with E-state index >= 15 is 0 Å². The number of piperidine rings is 1. The Kier molecular flexibility index (Phi) is 6.57. The van der Waals surface area contributed by atoms with E-state index in [-0.39, 0.29) is 30.4 Å². The fraction of sp³-hybridized carbons (Fsp3) is 0.524. The van der Waals surface area contributed by atoms with Gasteiger partial charge in [0, 0.05) is 31.0 Å². The smallest absolute Gasteiger partial charge is 0.355 e. The van der Waals surface area contributed by atoms with Gasteiger partial charge in [-0.1, -0.05) is 24.6 Å². The summed E-state index contributed by atoms with van der Waals surface area (Å²) in [6.07, 6.45) is 1.32. The molecule has 29 heavy (non-hydrogen) atoms. The van der Waals surface area contributed by atoms with Crippen molar-refractivity contribution in [2.75, 3.05) is 18.1 Å². The second-order valence-corrected chi connectivity index (χ2v) is 8.15. The quantitative estimate of drug-likeness (QED) is 0.701. The largest absolute Gasteiger partial charge is 0.448 e. The van der Waals surface area contributed by atoms with Gasteiger partial charge < -0.3 is 9.64 Å². The Hall–Kier alpha value is -2.41. The number of rotatable bonds is 4. The minimum Gasteiger partial charge on any atom is -0.448 e. The van der Waals surface area contributed by atoms with E-state index in [1.54, 1.807) is 30.0 Å². The first-order valence-corrected chi connectivity index (χ1v) is 10.3. The van der Waals surface area contributed by atoms with Crippen molar-refractivity contribution in [2.24, 2.45) is 11.0 Å². The Labute approximate surface area is 175 Å². The molecular weight excluding hydrogens is 394 g/mol. The number of likely N-dealkylation sites (tertiary alicyclic amines) is 1. The highest BCUT2D eigenvalue weighted by Crippen LogP contribution is 2.26. The molecule has 1 saturated heterocycles. The third kappa shape index (κ3) is 4.96. The van der Waals surface area contributed by atoms with Crippen molar-refractivity contribution < 1.29 is 19.1 Å². The van der Waals surface area contributed by atoms with Gasteiger partial charge in [-0.05, 0) is 50.3 Å². The van der Waals surface area contributed by atoms with Crippen LogP contribution in [0.1, 0.15) is 45.1 Å². The lowest BCUT2D eigenvalue weighted by Crippen LogP contribution is -2.45. The maximum absolute atomic E-state index is 12.6. The Balaban J connectivity index is 1.68. The number of esters is 1. The second kappa shape index (κ2) is 8.95. The molecule has 0 spiro atoms. The van der Waals surface area contributed by atoms with Crippen molar-refractivity contribution in [3.63, 3.8) is 0 Å². The number of hydrogen-bond acceptors (Lipinski definition) is 5. The first kappa shape index (κ1) is 21.3. The number of aryl methyl sites for hydroxylation is 1. The summed E-state index contributed by atoms with van der Waals surface area (Å²) >= 11 is 6.15. The van der Waals surface area contributed by atoms with E-state index < -0.39 is 12.1 Å².